The van der Waals surface area contributed by atoms with Gasteiger partial charge in [-0.15, -0.1) is 0 Å². The first kappa shape index (κ1) is 13.5. The van der Waals surface area contributed by atoms with Gasteiger partial charge in [0.1, 0.15) is 0 Å². The summed E-state index contributed by atoms with van der Waals surface area (Å²) in [6.45, 7) is 1.05. The fourth-order valence-corrected chi connectivity index (χ4v) is 2.17. The van der Waals surface area contributed by atoms with E-state index in [1.807, 2.05) is 0 Å². The van der Waals surface area contributed by atoms with Gasteiger partial charge in [-0.2, -0.15) is 0 Å². The molecule has 1 amide bonds. The number of carbonyl (C=O) groups is 1. The lowest BCUT2D eigenvalue weighted by Gasteiger charge is -2.32. The van der Waals surface area contributed by atoms with E-state index in [0.717, 1.165) is 38.5 Å². The topological polar surface area (TPSA) is 75.4 Å². The predicted octanol–water partition coefficient (Wildman–Crippen LogP) is 0.927. The van der Waals surface area contributed by atoms with Crippen LogP contribution >= 0.6 is 0 Å². The molecule has 1 fully saturated rings. The summed E-state index contributed by atoms with van der Waals surface area (Å²) < 4.78 is 0. The van der Waals surface area contributed by atoms with Gasteiger partial charge in [-0.3, -0.25) is 4.79 Å². The zero-order valence-electron chi connectivity index (χ0n) is 10.0. The van der Waals surface area contributed by atoms with Crippen LogP contribution in [0.2, 0.25) is 0 Å². The molecule has 4 nitrogen and oxygen atoms in total. The zero-order chi connectivity index (χ0) is 11.9. The van der Waals surface area contributed by atoms with Crippen LogP contribution in [0.3, 0.4) is 0 Å². The maximum Gasteiger partial charge on any atom is 0.220 e. The van der Waals surface area contributed by atoms with Crippen molar-refractivity contribution in [2.45, 2.75) is 57.0 Å². The molecule has 4 heteroatoms. The van der Waals surface area contributed by atoms with Crippen molar-refractivity contribution in [1.82, 2.24) is 5.32 Å². The lowest BCUT2D eigenvalue weighted by Crippen LogP contribution is -2.44. The Hall–Kier alpha value is -0.610. The molecular formula is C12H24N2O2. The van der Waals surface area contributed by atoms with Crippen LogP contribution < -0.4 is 11.1 Å². The number of amides is 1. The van der Waals surface area contributed by atoms with Crippen LogP contribution in [0.1, 0.15) is 51.4 Å². The zero-order valence-corrected chi connectivity index (χ0v) is 10.0. The second kappa shape index (κ2) is 6.86. The number of unbranched alkanes of at least 4 members (excludes halogenated alkanes) is 1. The van der Waals surface area contributed by atoms with Crippen LogP contribution in [0.5, 0.6) is 0 Å². The number of carbonyl (C=O) groups excluding carboxylic acids is 1. The van der Waals surface area contributed by atoms with Gasteiger partial charge in [0.2, 0.25) is 5.91 Å². The Morgan fingerprint density at radius 2 is 1.94 bits per heavy atom. The van der Waals surface area contributed by atoms with E-state index in [9.17, 15) is 9.90 Å². The first-order valence-corrected chi connectivity index (χ1v) is 6.35. The molecule has 0 unspecified atom stereocenters. The molecule has 0 saturated heterocycles. The summed E-state index contributed by atoms with van der Waals surface area (Å²) in [5.41, 5.74) is 4.70. The summed E-state index contributed by atoms with van der Waals surface area (Å²) in [5.74, 6) is 0.0347. The van der Waals surface area contributed by atoms with Crippen molar-refractivity contribution in [2.75, 3.05) is 13.1 Å². The molecule has 0 bridgehead atoms. The predicted molar refractivity (Wildman–Crippen MR) is 63.9 cm³/mol. The summed E-state index contributed by atoms with van der Waals surface area (Å²) in [4.78, 5) is 11.4. The molecule has 0 aromatic heterocycles. The quantitative estimate of drug-likeness (QED) is 0.592. The molecule has 1 rings (SSSR count). The van der Waals surface area contributed by atoms with Gasteiger partial charge in [0.05, 0.1) is 5.60 Å². The molecule has 1 aliphatic carbocycles. The lowest BCUT2D eigenvalue weighted by molar-refractivity contribution is -0.122. The molecule has 1 aliphatic rings. The van der Waals surface area contributed by atoms with Crippen molar-refractivity contribution in [1.29, 1.82) is 0 Å². The van der Waals surface area contributed by atoms with Gasteiger partial charge in [0.25, 0.3) is 0 Å². The first-order valence-electron chi connectivity index (χ1n) is 6.35. The van der Waals surface area contributed by atoms with Gasteiger partial charge < -0.3 is 16.2 Å². The number of hydrogen-bond acceptors (Lipinski definition) is 3. The van der Waals surface area contributed by atoms with Crippen molar-refractivity contribution in [3.8, 4) is 0 Å². The van der Waals surface area contributed by atoms with E-state index in [4.69, 9.17) is 5.73 Å². The number of rotatable bonds is 6. The highest BCUT2D eigenvalue weighted by atomic mass is 16.3. The maximum absolute atomic E-state index is 11.4. The second-order valence-electron chi connectivity index (χ2n) is 4.81. The van der Waals surface area contributed by atoms with Gasteiger partial charge in [-0.1, -0.05) is 19.3 Å². The smallest absolute Gasteiger partial charge is 0.220 e. The maximum atomic E-state index is 11.4. The number of hydrogen-bond donors (Lipinski definition) is 3. The minimum absolute atomic E-state index is 0.0347. The summed E-state index contributed by atoms with van der Waals surface area (Å²) in [6.07, 6.45) is 7.21. The van der Waals surface area contributed by atoms with Crippen molar-refractivity contribution in [2.24, 2.45) is 5.73 Å². The summed E-state index contributed by atoms with van der Waals surface area (Å²) >= 11 is 0. The summed E-state index contributed by atoms with van der Waals surface area (Å²) in [7, 11) is 0. The minimum Gasteiger partial charge on any atom is -0.388 e. The van der Waals surface area contributed by atoms with Gasteiger partial charge in [0, 0.05) is 13.0 Å². The Kier molecular flexibility index (Phi) is 5.77. The van der Waals surface area contributed by atoms with Crippen LogP contribution in [0.25, 0.3) is 0 Å². The van der Waals surface area contributed by atoms with Crippen LogP contribution in [-0.4, -0.2) is 29.7 Å². The van der Waals surface area contributed by atoms with Crippen LogP contribution in [-0.2, 0) is 4.79 Å². The normalized spacial score (nSPS) is 19.4. The molecule has 0 aromatic carbocycles. The molecule has 0 spiro atoms. The molecule has 16 heavy (non-hydrogen) atoms. The Balaban J connectivity index is 2.14. The molecule has 94 valence electrons. The molecular weight excluding hydrogens is 204 g/mol. The van der Waals surface area contributed by atoms with E-state index in [1.54, 1.807) is 0 Å². The number of nitrogens with one attached hydrogen (secondary N) is 1. The van der Waals surface area contributed by atoms with Gasteiger partial charge in [0.15, 0.2) is 0 Å². The monoisotopic (exact) mass is 228 g/mol. The third kappa shape index (κ3) is 4.94. The first-order chi connectivity index (χ1) is 7.66. The Labute approximate surface area is 97.6 Å². The summed E-state index contributed by atoms with van der Waals surface area (Å²) in [6, 6.07) is 0. The molecule has 0 radical (unpaired) electrons. The van der Waals surface area contributed by atoms with Gasteiger partial charge in [-0.05, 0) is 32.2 Å². The highest BCUT2D eigenvalue weighted by Gasteiger charge is 2.29. The van der Waals surface area contributed by atoms with Crippen LogP contribution in [0.4, 0.5) is 0 Å². The molecule has 0 aliphatic heterocycles. The standard InChI is InChI=1S/C12H24N2O2/c13-9-5-2-6-11(15)14-10-12(16)7-3-1-4-8-12/h16H,1-10,13H2,(H,14,15). The third-order valence-corrected chi connectivity index (χ3v) is 3.26. The molecule has 0 atom stereocenters. The van der Waals surface area contributed by atoms with E-state index >= 15 is 0 Å². The average Bonchev–Trinajstić information content (AvgIpc) is 2.28. The van der Waals surface area contributed by atoms with E-state index in [0.29, 0.717) is 19.5 Å². The number of aliphatic hydroxyl groups is 1. The van der Waals surface area contributed by atoms with Crippen LogP contribution in [0, 0.1) is 0 Å². The van der Waals surface area contributed by atoms with E-state index < -0.39 is 5.60 Å². The van der Waals surface area contributed by atoms with Crippen molar-refractivity contribution in [3.63, 3.8) is 0 Å². The van der Waals surface area contributed by atoms with Crippen LogP contribution in [0.15, 0.2) is 0 Å². The molecule has 0 aromatic rings. The SMILES string of the molecule is NCCCCC(=O)NCC1(O)CCCCC1. The lowest BCUT2D eigenvalue weighted by atomic mass is 9.85. The Bertz CT molecular complexity index is 213. The minimum atomic E-state index is -0.651. The number of nitrogens with two attached hydrogens (primary N) is 1. The third-order valence-electron chi connectivity index (χ3n) is 3.26. The highest BCUT2D eigenvalue weighted by molar-refractivity contribution is 5.75. The largest absolute Gasteiger partial charge is 0.388 e. The fraction of sp³-hybridized carbons (Fsp3) is 0.917. The fourth-order valence-electron chi connectivity index (χ4n) is 2.17. The molecule has 4 N–H and O–H groups in total. The molecule has 0 heterocycles. The van der Waals surface area contributed by atoms with Gasteiger partial charge >= 0.3 is 0 Å². The Morgan fingerprint density at radius 1 is 1.25 bits per heavy atom. The second-order valence-corrected chi connectivity index (χ2v) is 4.81. The molecule has 1 saturated carbocycles. The van der Waals surface area contributed by atoms with Crippen molar-refractivity contribution < 1.29 is 9.90 Å². The van der Waals surface area contributed by atoms with Crippen molar-refractivity contribution >= 4 is 5.91 Å². The van der Waals surface area contributed by atoms with Crippen molar-refractivity contribution in [3.05, 3.63) is 0 Å². The van der Waals surface area contributed by atoms with E-state index in [1.165, 1.54) is 6.42 Å². The summed E-state index contributed by atoms with van der Waals surface area (Å²) in [5, 5.41) is 13.0. The van der Waals surface area contributed by atoms with E-state index in [2.05, 4.69) is 5.32 Å². The highest BCUT2D eigenvalue weighted by Crippen LogP contribution is 2.27. The van der Waals surface area contributed by atoms with E-state index in [-0.39, 0.29) is 5.91 Å². The average molecular weight is 228 g/mol. The Morgan fingerprint density at radius 3 is 2.56 bits per heavy atom. The van der Waals surface area contributed by atoms with Gasteiger partial charge in [-0.25, -0.2) is 0 Å².